The zero-order valence-electron chi connectivity index (χ0n) is 8.58. The van der Waals surface area contributed by atoms with Crippen molar-refractivity contribution in [3.05, 3.63) is 51.5 Å². The van der Waals surface area contributed by atoms with Crippen LogP contribution >= 0.6 is 34.8 Å². The lowest BCUT2D eigenvalue weighted by molar-refractivity contribution is 0.485. The maximum absolute atomic E-state index is 5.89. The first-order valence-corrected chi connectivity index (χ1v) is 5.87. The zero-order valence-corrected chi connectivity index (χ0v) is 10.9. The first-order chi connectivity index (χ1) is 8.06. The van der Waals surface area contributed by atoms with Gasteiger partial charge in [0, 0.05) is 10.0 Å². The van der Waals surface area contributed by atoms with Gasteiger partial charge in [-0.05, 0) is 30.3 Å². The number of ether oxygens (including phenoxy) is 1. The Balaban J connectivity index is 2.34. The molecule has 0 heterocycles. The van der Waals surface area contributed by atoms with E-state index in [0.717, 1.165) is 0 Å². The summed E-state index contributed by atoms with van der Waals surface area (Å²) in [5.74, 6) is 0.979. The van der Waals surface area contributed by atoms with Crippen molar-refractivity contribution < 1.29 is 4.74 Å². The topological polar surface area (TPSA) is 35.2 Å². The molecule has 0 aliphatic carbocycles. The zero-order chi connectivity index (χ0) is 12.4. The van der Waals surface area contributed by atoms with Crippen LogP contribution in [-0.4, -0.2) is 0 Å². The second kappa shape index (κ2) is 5.05. The Morgan fingerprint density at radius 2 is 1.59 bits per heavy atom. The van der Waals surface area contributed by atoms with E-state index in [-0.39, 0.29) is 0 Å². The van der Waals surface area contributed by atoms with Gasteiger partial charge in [0.1, 0.15) is 5.75 Å². The Bertz CT molecular complexity index is 537. The number of halogens is 3. The summed E-state index contributed by atoms with van der Waals surface area (Å²) in [6.07, 6.45) is 0. The van der Waals surface area contributed by atoms with Crippen LogP contribution in [0, 0.1) is 0 Å². The molecule has 0 unspecified atom stereocenters. The largest absolute Gasteiger partial charge is 0.455 e. The fraction of sp³-hybridized carbons (Fsp3) is 0. The van der Waals surface area contributed by atoms with Crippen molar-refractivity contribution in [2.45, 2.75) is 0 Å². The second-order valence-electron chi connectivity index (χ2n) is 3.36. The van der Waals surface area contributed by atoms with Crippen LogP contribution in [0.15, 0.2) is 36.4 Å². The van der Waals surface area contributed by atoms with Gasteiger partial charge in [0.25, 0.3) is 0 Å². The quantitative estimate of drug-likeness (QED) is 0.787. The van der Waals surface area contributed by atoms with Crippen LogP contribution in [-0.2, 0) is 0 Å². The van der Waals surface area contributed by atoms with E-state index < -0.39 is 0 Å². The molecule has 0 aliphatic heterocycles. The van der Waals surface area contributed by atoms with Gasteiger partial charge in [0.05, 0.1) is 10.7 Å². The van der Waals surface area contributed by atoms with Crippen LogP contribution in [0.1, 0.15) is 0 Å². The van der Waals surface area contributed by atoms with E-state index in [1.54, 1.807) is 36.4 Å². The van der Waals surface area contributed by atoms with Crippen LogP contribution in [0.25, 0.3) is 0 Å². The molecule has 88 valence electrons. The van der Waals surface area contributed by atoms with Gasteiger partial charge in [-0.25, -0.2) is 0 Å². The Kier molecular flexibility index (Phi) is 3.67. The lowest BCUT2D eigenvalue weighted by atomic mass is 10.3. The molecular formula is C12H8Cl3NO. The Morgan fingerprint density at radius 3 is 2.24 bits per heavy atom. The van der Waals surface area contributed by atoms with Crippen molar-refractivity contribution in [3.63, 3.8) is 0 Å². The second-order valence-corrected chi connectivity index (χ2v) is 4.64. The normalized spacial score (nSPS) is 10.3. The van der Waals surface area contributed by atoms with Gasteiger partial charge < -0.3 is 10.5 Å². The molecule has 0 saturated carbocycles. The maximum Gasteiger partial charge on any atom is 0.151 e. The van der Waals surface area contributed by atoms with Crippen LogP contribution in [0.2, 0.25) is 15.1 Å². The van der Waals surface area contributed by atoms with Crippen molar-refractivity contribution in [1.82, 2.24) is 0 Å². The monoisotopic (exact) mass is 287 g/mol. The summed E-state index contributed by atoms with van der Waals surface area (Å²) >= 11 is 17.6. The highest BCUT2D eigenvalue weighted by atomic mass is 35.5. The summed E-state index contributed by atoms with van der Waals surface area (Å²) in [6.45, 7) is 0. The van der Waals surface area contributed by atoms with E-state index in [0.29, 0.717) is 32.3 Å². The average molecular weight is 289 g/mol. The Morgan fingerprint density at radius 1 is 0.941 bits per heavy atom. The van der Waals surface area contributed by atoms with Crippen LogP contribution in [0.4, 0.5) is 5.69 Å². The average Bonchev–Trinajstić information content (AvgIpc) is 2.23. The number of nitrogen functional groups attached to an aromatic ring is 1. The first-order valence-electron chi connectivity index (χ1n) is 4.74. The number of benzene rings is 2. The first kappa shape index (κ1) is 12.4. The fourth-order valence-electron chi connectivity index (χ4n) is 1.32. The number of nitrogens with two attached hydrogens (primary N) is 1. The number of hydrogen-bond donors (Lipinski definition) is 1. The third-order valence-corrected chi connectivity index (χ3v) is 2.84. The van der Waals surface area contributed by atoms with E-state index in [1.165, 1.54) is 0 Å². The Hall–Kier alpha value is -1.09. The van der Waals surface area contributed by atoms with Crippen molar-refractivity contribution in [3.8, 4) is 11.5 Å². The number of anilines is 1. The van der Waals surface area contributed by atoms with Gasteiger partial charge in [0.2, 0.25) is 0 Å². The van der Waals surface area contributed by atoms with Gasteiger partial charge in [-0.1, -0.05) is 40.9 Å². The number of hydrogen-bond acceptors (Lipinski definition) is 2. The van der Waals surface area contributed by atoms with Gasteiger partial charge in [-0.15, -0.1) is 0 Å². The molecule has 5 heteroatoms. The number of para-hydroxylation sites is 1. The maximum atomic E-state index is 5.89. The molecule has 2 N–H and O–H groups in total. The minimum Gasteiger partial charge on any atom is -0.455 e. The van der Waals surface area contributed by atoms with Gasteiger partial charge in [-0.3, -0.25) is 0 Å². The summed E-state index contributed by atoms with van der Waals surface area (Å²) in [6, 6.07) is 10.1. The molecule has 2 aromatic rings. The molecule has 2 aromatic carbocycles. The van der Waals surface area contributed by atoms with Gasteiger partial charge in [-0.2, -0.15) is 0 Å². The summed E-state index contributed by atoms with van der Waals surface area (Å²) in [4.78, 5) is 0. The summed E-state index contributed by atoms with van der Waals surface area (Å²) in [5, 5.41) is 1.43. The molecule has 0 saturated heterocycles. The van der Waals surface area contributed by atoms with Crippen molar-refractivity contribution in [1.29, 1.82) is 0 Å². The summed E-state index contributed by atoms with van der Waals surface area (Å²) in [7, 11) is 0. The fourth-order valence-corrected chi connectivity index (χ4v) is 1.99. The molecule has 0 aliphatic rings. The minimum absolute atomic E-state index is 0.380. The molecule has 0 radical (unpaired) electrons. The Labute approximate surface area is 114 Å². The third-order valence-electron chi connectivity index (χ3n) is 2.08. The van der Waals surface area contributed by atoms with E-state index in [1.807, 2.05) is 0 Å². The lowest BCUT2D eigenvalue weighted by Gasteiger charge is -2.09. The van der Waals surface area contributed by atoms with E-state index >= 15 is 0 Å². The van der Waals surface area contributed by atoms with Gasteiger partial charge in [0.15, 0.2) is 5.75 Å². The SMILES string of the molecule is Nc1c(Cl)cccc1Oc1cc(Cl)cc(Cl)c1. The van der Waals surface area contributed by atoms with Crippen molar-refractivity contribution in [2.24, 2.45) is 0 Å². The van der Waals surface area contributed by atoms with Crippen LogP contribution < -0.4 is 10.5 Å². The van der Waals surface area contributed by atoms with Crippen LogP contribution in [0.5, 0.6) is 11.5 Å². The molecule has 0 amide bonds. The molecular weight excluding hydrogens is 280 g/mol. The lowest BCUT2D eigenvalue weighted by Crippen LogP contribution is -1.92. The molecule has 2 rings (SSSR count). The van der Waals surface area contributed by atoms with Gasteiger partial charge >= 0.3 is 0 Å². The third kappa shape index (κ3) is 2.97. The molecule has 17 heavy (non-hydrogen) atoms. The molecule has 0 aromatic heterocycles. The highest BCUT2D eigenvalue weighted by Gasteiger charge is 2.06. The van der Waals surface area contributed by atoms with E-state index in [9.17, 15) is 0 Å². The summed E-state index contributed by atoms with van der Waals surface area (Å²) < 4.78 is 5.57. The molecule has 0 bridgehead atoms. The molecule has 0 atom stereocenters. The predicted molar refractivity (Wildman–Crippen MR) is 72.4 cm³/mol. The van der Waals surface area contributed by atoms with E-state index in [2.05, 4.69) is 0 Å². The molecule has 0 spiro atoms. The minimum atomic E-state index is 0.380. The smallest absolute Gasteiger partial charge is 0.151 e. The predicted octanol–water partition coefficient (Wildman–Crippen LogP) is 5.02. The van der Waals surface area contributed by atoms with Crippen molar-refractivity contribution in [2.75, 3.05) is 5.73 Å². The van der Waals surface area contributed by atoms with Crippen LogP contribution in [0.3, 0.4) is 0 Å². The van der Waals surface area contributed by atoms with E-state index in [4.69, 9.17) is 45.3 Å². The van der Waals surface area contributed by atoms with Crippen molar-refractivity contribution >= 4 is 40.5 Å². The highest BCUT2D eigenvalue weighted by Crippen LogP contribution is 2.34. The highest BCUT2D eigenvalue weighted by molar-refractivity contribution is 6.35. The molecule has 2 nitrogen and oxygen atoms in total. The number of rotatable bonds is 2. The molecule has 0 fully saturated rings. The summed E-state index contributed by atoms with van der Waals surface area (Å²) in [5.41, 5.74) is 6.16. The standard InChI is InChI=1S/C12H8Cl3NO/c13-7-4-8(14)6-9(5-7)17-11-3-1-2-10(15)12(11)16/h1-6H,16H2.